The topological polar surface area (TPSA) is 52.5 Å². The Kier molecular flexibility index (Phi) is 2.96. The first-order valence-electron chi connectivity index (χ1n) is 4.61. The normalized spacial score (nSPS) is 26.6. The molecule has 1 aromatic carbocycles. The van der Waals surface area contributed by atoms with Crippen LogP contribution in [0.5, 0.6) is 5.75 Å². The highest BCUT2D eigenvalue weighted by Crippen LogP contribution is 2.33. The van der Waals surface area contributed by atoms with Crippen molar-refractivity contribution in [2.45, 2.75) is 16.2 Å². The predicted octanol–water partition coefficient (Wildman–Crippen LogP) is 0.817. The quantitative estimate of drug-likeness (QED) is 0.678. The lowest BCUT2D eigenvalue weighted by molar-refractivity contribution is 0.201. The van der Waals surface area contributed by atoms with E-state index in [0.29, 0.717) is 6.54 Å². The van der Waals surface area contributed by atoms with Gasteiger partial charge < -0.3 is 15.5 Å². The maximum Gasteiger partial charge on any atom is 0.129 e. The minimum Gasteiger partial charge on any atom is -0.507 e. The summed E-state index contributed by atoms with van der Waals surface area (Å²) in [5.41, 5.74) is 0. The standard InChI is InChI=1S/C10H13NO2S/c12-7-3-1-2-4-9(7)14-10-6-11-5-8(10)13/h1-4,8,10-13H,5-6H2/t8-,10-/m1/s1. The average Bonchev–Trinajstić information content (AvgIpc) is 2.56. The fourth-order valence-corrected chi connectivity index (χ4v) is 2.61. The number of aliphatic hydroxyl groups excluding tert-OH is 1. The highest BCUT2D eigenvalue weighted by atomic mass is 32.2. The number of β-amino-alcohol motifs (C(OH)–C–C–N with tert-alkyl or cyclic N) is 1. The Morgan fingerprint density at radius 2 is 2.07 bits per heavy atom. The molecule has 0 aliphatic carbocycles. The largest absolute Gasteiger partial charge is 0.507 e. The molecule has 2 atom stereocenters. The summed E-state index contributed by atoms with van der Waals surface area (Å²) in [6.07, 6.45) is -0.320. The number of hydrogen-bond donors (Lipinski definition) is 3. The predicted molar refractivity (Wildman–Crippen MR) is 56.6 cm³/mol. The third-order valence-electron chi connectivity index (χ3n) is 2.27. The van der Waals surface area contributed by atoms with Gasteiger partial charge >= 0.3 is 0 Å². The minimum absolute atomic E-state index is 0.142. The third-order valence-corrected chi connectivity index (χ3v) is 3.65. The van der Waals surface area contributed by atoms with Crippen molar-refractivity contribution in [3.63, 3.8) is 0 Å². The van der Waals surface area contributed by atoms with Gasteiger partial charge in [-0.15, -0.1) is 11.8 Å². The maximum atomic E-state index is 9.58. The Hall–Kier alpha value is -0.710. The van der Waals surface area contributed by atoms with Gasteiger partial charge in [-0.25, -0.2) is 0 Å². The lowest BCUT2D eigenvalue weighted by Gasteiger charge is -2.13. The summed E-state index contributed by atoms with van der Waals surface area (Å²) >= 11 is 1.52. The molecule has 0 amide bonds. The van der Waals surface area contributed by atoms with Crippen LogP contribution in [-0.2, 0) is 0 Å². The van der Waals surface area contributed by atoms with Crippen molar-refractivity contribution in [1.82, 2.24) is 5.32 Å². The average molecular weight is 211 g/mol. The van der Waals surface area contributed by atoms with Crippen LogP contribution in [-0.4, -0.2) is 34.7 Å². The molecule has 1 aliphatic rings. The second-order valence-electron chi connectivity index (χ2n) is 3.35. The summed E-state index contributed by atoms with van der Waals surface area (Å²) < 4.78 is 0. The van der Waals surface area contributed by atoms with E-state index >= 15 is 0 Å². The van der Waals surface area contributed by atoms with Gasteiger partial charge in [0.25, 0.3) is 0 Å². The van der Waals surface area contributed by atoms with Crippen molar-refractivity contribution in [3.8, 4) is 5.75 Å². The zero-order chi connectivity index (χ0) is 9.97. The number of rotatable bonds is 2. The molecule has 2 rings (SSSR count). The molecule has 0 unspecified atom stereocenters. The maximum absolute atomic E-state index is 9.58. The van der Waals surface area contributed by atoms with E-state index in [-0.39, 0.29) is 17.1 Å². The van der Waals surface area contributed by atoms with Crippen LogP contribution in [0.2, 0.25) is 0 Å². The van der Waals surface area contributed by atoms with Gasteiger partial charge in [-0.2, -0.15) is 0 Å². The molecule has 76 valence electrons. The number of para-hydroxylation sites is 1. The van der Waals surface area contributed by atoms with Gasteiger partial charge in [-0.3, -0.25) is 0 Å². The van der Waals surface area contributed by atoms with Crippen LogP contribution < -0.4 is 5.32 Å². The molecule has 1 heterocycles. The van der Waals surface area contributed by atoms with Gasteiger partial charge in [0.2, 0.25) is 0 Å². The van der Waals surface area contributed by atoms with Gasteiger partial charge in [0, 0.05) is 23.2 Å². The second-order valence-corrected chi connectivity index (χ2v) is 4.63. The number of aliphatic hydroxyl groups is 1. The molecule has 0 radical (unpaired) electrons. The number of phenolic OH excluding ortho intramolecular Hbond substituents is 1. The van der Waals surface area contributed by atoms with Gasteiger partial charge in [-0.05, 0) is 12.1 Å². The van der Waals surface area contributed by atoms with E-state index in [9.17, 15) is 10.2 Å². The van der Waals surface area contributed by atoms with Gasteiger partial charge in [0.05, 0.1) is 6.10 Å². The Bertz CT molecular complexity index is 319. The van der Waals surface area contributed by atoms with Crippen LogP contribution in [0, 0.1) is 0 Å². The molecule has 3 nitrogen and oxygen atoms in total. The lowest BCUT2D eigenvalue weighted by atomic mass is 10.3. The van der Waals surface area contributed by atoms with E-state index in [4.69, 9.17) is 0 Å². The second kappa shape index (κ2) is 4.21. The van der Waals surface area contributed by atoms with E-state index in [2.05, 4.69) is 5.32 Å². The van der Waals surface area contributed by atoms with Crippen molar-refractivity contribution in [2.24, 2.45) is 0 Å². The molecule has 0 bridgehead atoms. The number of thioether (sulfide) groups is 1. The first-order chi connectivity index (χ1) is 6.77. The Morgan fingerprint density at radius 1 is 1.29 bits per heavy atom. The first kappa shape index (κ1) is 9.83. The SMILES string of the molecule is Oc1ccccc1S[C@@H]1CNC[C@H]1O. The van der Waals surface area contributed by atoms with E-state index in [1.807, 2.05) is 12.1 Å². The number of benzene rings is 1. The molecule has 0 saturated carbocycles. The lowest BCUT2D eigenvalue weighted by Crippen LogP contribution is -2.19. The summed E-state index contributed by atoms with van der Waals surface area (Å²) in [6, 6.07) is 7.21. The van der Waals surface area contributed by atoms with Crippen LogP contribution in [0.15, 0.2) is 29.2 Å². The molecule has 3 N–H and O–H groups in total. The summed E-state index contributed by atoms with van der Waals surface area (Å²) in [7, 11) is 0. The van der Waals surface area contributed by atoms with Crippen molar-refractivity contribution < 1.29 is 10.2 Å². The van der Waals surface area contributed by atoms with E-state index in [0.717, 1.165) is 11.4 Å². The molecule has 1 aromatic rings. The van der Waals surface area contributed by atoms with Crippen LogP contribution >= 0.6 is 11.8 Å². The Balaban J connectivity index is 2.07. The number of aromatic hydroxyl groups is 1. The monoisotopic (exact) mass is 211 g/mol. The van der Waals surface area contributed by atoms with Gasteiger partial charge in [-0.1, -0.05) is 12.1 Å². The summed E-state index contributed by atoms with van der Waals surface area (Å²) in [4.78, 5) is 0.834. The van der Waals surface area contributed by atoms with Gasteiger partial charge in [0.1, 0.15) is 5.75 Å². The smallest absolute Gasteiger partial charge is 0.129 e. The minimum atomic E-state index is -0.320. The highest BCUT2D eigenvalue weighted by molar-refractivity contribution is 8.00. The number of phenols is 1. The van der Waals surface area contributed by atoms with Crippen molar-refractivity contribution in [2.75, 3.05) is 13.1 Å². The zero-order valence-electron chi connectivity index (χ0n) is 7.68. The highest BCUT2D eigenvalue weighted by Gasteiger charge is 2.26. The van der Waals surface area contributed by atoms with E-state index in [1.54, 1.807) is 12.1 Å². The Labute approximate surface area is 87.1 Å². The van der Waals surface area contributed by atoms with Crippen molar-refractivity contribution in [1.29, 1.82) is 0 Å². The van der Waals surface area contributed by atoms with E-state index in [1.165, 1.54) is 11.8 Å². The number of nitrogens with one attached hydrogen (secondary N) is 1. The molecule has 14 heavy (non-hydrogen) atoms. The van der Waals surface area contributed by atoms with Crippen LogP contribution in [0.3, 0.4) is 0 Å². The zero-order valence-corrected chi connectivity index (χ0v) is 8.50. The summed E-state index contributed by atoms with van der Waals surface area (Å²) in [5.74, 6) is 0.289. The van der Waals surface area contributed by atoms with Crippen molar-refractivity contribution in [3.05, 3.63) is 24.3 Å². The van der Waals surface area contributed by atoms with Gasteiger partial charge in [0.15, 0.2) is 0 Å². The fraction of sp³-hybridized carbons (Fsp3) is 0.400. The molecular formula is C10H13NO2S. The summed E-state index contributed by atoms with van der Waals surface area (Å²) in [5, 5.41) is 22.4. The summed E-state index contributed by atoms with van der Waals surface area (Å²) in [6.45, 7) is 1.44. The molecule has 0 aromatic heterocycles. The Morgan fingerprint density at radius 3 is 2.71 bits per heavy atom. The molecular weight excluding hydrogens is 198 g/mol. The van der Waals surface area contributed by atoms with Crippen LogP contribution in [0.4, 0.5) is 0 Å². The van der Waals surface area contributed by atoms with Crippen LogP contribution in [0.1, 0.15) is 0 Å². The molecule has 1 aliphatic heterocycles. The van der Waals surface area contributed by atoms with E-state index < -0.39 is 0 Å². The molecule has 4 heteroatoms. The first-order valence-corrected chi connectivity index (χ1v) is 5.49. The fourth-order valence-electron chi connectivity index (χ4n) is 1.48. The van der Waals surface area contributed by atoms with Crippen molar-refractivity contribution >= 4 is 11.8 Å². The molecule has 0 spiro atoms. The molecule has 1 fully saturated rings. The molecule has 1 saturated heterocycles. The number of hydrogen-bond acceptors (Lipinski definition) is 4. The third kappa shape index (κ3) is 2.03. The van der Waals surface area contributed by atoms with Crippen LogP contribution in [0.25, 0.3) is 0 Å².